The molecule has 6 saturated heterocycles. The number of esters is 2. The number of halogens is 2. The fourth-order valence-electron chi connectivity index (χ4n) is 18.0. The highest BCUT2D eigenvalue weighted by Gasteiger charge is 2.60. The number of alkyl halides is 2. The van der Waals surface area contributed by atoms with Crippen molar-refractivity contribution < 1.29 is 115 Å². The number of likely N-dealkylation sites (N-methyl/N-ethyl adjacent to an activating group) is 2. The summed E-state index contributed by atoms with van der Waals surface area (Å²) in [6, 6.07) is 17.5. The molecule has 4 aromatic heterocycles. The number of nitrogens with zero attached hydrogens (tertiary/aromatic N) is 8. The van der Waals surface area contributed by atoms with E-state index in [9.17, 15) is 49.2 Å². The van der Waals surface area contributed by atoms with Crippen molar-refractivity contribution in [3.8, 4) is 21.1 Å². The Morgan fingerprint density at radius 1 is 0.548 bits per heavy atom. The second kappa shape index (κ2) is 41.7. The van der Waals surface area contributed by atoms with E-state index in [4.69, 9.17) is 68.5 Å². The third kappa shape index (κ3) is 23.5. The van der Waals surface area contributed by atoms with Crippen LogP contribution in [-0.4, -0.2) is 272 Å². The van der Waals surface area contributed by atoms with Crippen LogP contribution in [0.1, 0.15) is 173 Å². The number of fused-ring (bicyclic) bond motifs is 10. The summed E-state index contributed by atoms with van der Waals surface area (Å²) < 4.78 is 97.7. The number of pyridine rings is 2. The van der Waals surface area contributed by atoms with Gasteiger partial charge in [-0.25, -0.2) is 38.3 Å². The molecular formula is C88H128F2N10O22S2. The first-order valence-electron chi connectivity index (χ1n) is 42.3. The SMILES string of the molecule is CC[C@H]1OC(=O)[C@@](C)(F)C(=O)[C@H](C)[C@@H](O[C@@H]2O[C@H](C)C[C@H](N(C)C)[C@H]2O)[C@@]2(C)C[C@@H](C)C(=NC(C)=O)[C@H](C)[C@H](OC/C(=N\OCc3ccc(-c4cccc(N)n4)s3)CO2)[C@]1(C)O.CC[C@H]1OC(=O)[C@@](C)(F)C(=O)[C@H](C)[C@@H](O[C@@H]2O[C@H](C)C[C@H](N(C)C)[C@H]2O)[C@@]2(C)C[C@@H](C)C(=NC(C)=O)[C@H](C)[C@H](OC/C(=N\OCc3ccc(-c4cccc(N)n4)s3)CO2)[C@]1(C)O. The van der Waals surface area contributed by atoms with Crippen LogP contribution in [0.2, 0.25) is 0 Å². The first kappa shape index (κ1) is 100. The quantitative estimate of drug-likeness (QED) is 0.0345. The lowest BCUT2D eigenvalue weighted by Gasteiger charge is -2.47. The van der Waals surface area contributed by atoms with E-state index in [0.29, 0.717) is 47.3 Å². The Labute approximate surface area is 732 Å². The highest BCUT2D eigenvalue weighted by Crippen LogP contribution is 2.45. The molecule has 8 N–H and O–H groups in total. The van der Waals surface area contributed by atoms with E-state index < -0.39 is 178 Å². The van der Waals surface area contributed by atoms with Crippen molar-refractivity contribution in [3.63, 3.8) is 0 Å². The number of amides is 2. The van der Waals surface area contributed by atoms with Crippen LogP contribution >= 0.6 is 22.7 Å². The fourth-order valence-corrected chi connectivity index (χ4v) is 19.7. The van der Waals surface area contributed by atoms with Crippen molar-refractivity contribution in [3.05, 3.63) is 70.4 Å². The Morgan fingerprint density at radius 3 is 1.23 bits per heavy atom. The molecule has 0 spiro atoms. The van der Waals surface area contributed by atoms with Crippen molar-refractivity contribution in [1.29, 1.82) is 0 Å². The Kier molecular flexibility index (Phi) is 33.7. The molecule has 6 fully saturated rings. The number of nitrogens with two attached hydrogens (primary N) is 2. The number of Topliss-reactive ketones (excluding diaryl/α,β-unsaturated/α-hetero) is 2. The lowest BCUT2D eigenvalue weighted by Crippen LogP contribution is -2.61. The number of thiophene rings is 2. The molecule has 688 valence electrons. The molecule has 36 heteroatoms. The second-order valence-corrected chi connectivity index (χ2v) is 37.8. The number of rotatable bonds is 16. The molecule has 6 aliphatic heterocycles. The first-order chi connectivity index (χ1) is 58.0. The van der Waals surface area contributed by atoms with Crippen LogP contribution in [0, 0.1) is 35.5 Å². The van der Waals surface area contributed by atoms with Gasteiger partial charge >= 0.3 is 11.9 Å². The number of aliphatic hydroxyl groups excluding tert-OH is 2. The van der Waals surface area contributed by atoms with Gasteiger partial charge in [-0.2, -0.15) is 0 Å². The Bertz CT molecular complexity index is 4230. The number of hydrogen-bond donors (Lipinski definition) is 6. The van der Waals surface area contributed by atoms with Crippen molar-refractivity contribution >= 4 is 92.5 Å². The van der Waals surface area contributed by atoms with Crippen molar-refractivity contribution in [2.24, 2.45) is 55.8 Å². The number of anilines is 2. The van der Waals surface area contributed by atoms with Crippen LogP contribution in [0.5, 0.6) is 0 Å². The van der Waals surface area contributed by atoms with Crippen LogP contribution in [0.15, 0.2) is 81.0 Å². The van der Waals surface area contributed by atoms with Gasteiger partial charge in [0, 0.05) is 70.8 Å². The number of aromatic nitrogens is 2. The molecule has 4 aromatic rings. The number of carbonyl (C=O) groups excluding carboxylic acids is 6. The van der Waals surface area contributed by atoms with Gasteiger partial charge in [0.25, 0.3) is 11.3 Å². The van der Waals surface area contributed by atoms with E-state index in [2.05, 4.69) is 30.3 Å². The van der Waals surface area contributed by atoms with E-state index >= 15 is 8.78 Å². The summed E-state index contributed by atoms with van der Waals surface area (Å²) in [5.74, 6) is -11.4. The van der Waals surface area contributed by atoms with Gasteiger partial charge in [0.05, 0.1) is 95.4 Å². The minimum Gasteiger partial charge on any atom is -0.457 e. The zero-order valence-electron chi connectivity index (χ0n) is 75.2. The van der Waals surface area contributed by atoms with E-state index in [1.807, 2.05) is 114 Å². The molecule has 2 amide bonds. The number of ketones is 2. The number of aliphatic hydroxyl groups is 4. The molecule has 26 atom stereocenters. The van der Waals surface area contributed by atoms with Crippen molar-refractivity contribution in [2.45, 2.75) is 296 Å². The monoisotopic (exact) mass is 1780 g/mol. The number of hydrogen-bond acceptors (Lipinski definition) is 32. The maximum atomic E-state index is 16.9. The molecule has 0 aromatic carbocycles. The lowest BCUT2D eigenvalue weighted by atomic mass is 9.73. The summed E-state index contributed by atoms with van der Waals surface area (Å²) in [5, 5.41) is 57.0. The van der Waals surface area contributed by atoms with Crippen LogP contribution in [-0.2, 0) is 99.0 Å². The molecule has 32 nitrogen and oxygen atoms in total. The third-order valence-electron chi connectivity index (χ3n) is 24.5. The highest BCUT2D eigenvalue weighted by molar-refractivity contribution is 7.15. The van der Waals surface area contributed by atoms with E-state index in [-0.39, 0.29) is 89.0 Å². The topological polar surface area (TPSA) is 428 Å². The second-order valence-electron chi connectivity index (χ2n) is 35.5. The predicted molar refractivity (Wildman–Crippen MR) is 462 cm³/mol. The molecule has 0 unspecified atom stereocenters. The number of oxime groups is 2. The zero-order valence-corrected chi connectivity index (χ0v) is 76.9. The molecule has 0 aliphatic carbocycles. The van der Waals surface area contributed by atoms with Gasteiger partial charge in [-0.15, -0.1) is 22.7 Å². The number of ether oxygens (including phenoxy) is 10. The number of cyclic esters (lactones) is 2. The average Bonchev–Trinajstić information content (AvgIpc) is 1.29. The summed E-state index contributed by atoms with van der Waals surface area (Å²) in [7, 11) is 7.27. The zero-order chi connectivity index (χ0) is 91.8. The molecule has 6 aliphatic rings. The summed E-state index contributed by atoms with van der Waals surface area (Å²) in [4.78, 5) is 119. The smallest absolute Gasteiger partial charge is 0.351 e. The van der Waals surface area contributed by atoms with Crippen LogP contribution in [0.25, 0.3) is 21.1 Å². The van der Waals surface area contributed by atoms with Gasteiger partial charge in [0.2, 0.25) is 11.8 Å². The van der Waals surface area contributed by atoms with Crippen LogP contribution < -0.4 is 11.5 Å². The van der Waals surface area contributed by atoms with E-state index in [1.165, 1.54) is 64.2 Å². The van der Waals surface area contributed by atoms with Crippen molar-refractivity contribution in [2.75, 3.05) is 66.1 Å². The van der Waals surface area contributed by atoms with E-state index in [0.717, 1.165) is 33.4 Å². The molecule has 0 saturated carbocycles. The number of carbonyl (C=O) groups is 6. The largest absolute Gasteiger partial charge is 0.457 e. The highest BCUT2D eigenvalue weighted by atomic mass is 32.1. The minimum atomic E-state index is -3.22. The van der Waals surface area contributed by atoms with Gasteiger partial charge < -0.3 is 98.7 Å². The maximum absolute atomic E-state index is 16.9. The fraction of sp³-hybridized carbons (Fsp3) is 0.682. The number of nitrogen functional groups attached to an aromatic ring is 2. The first-order valence-corrected chi connectivity index (χ1v) is 43.9. The molecule has 124 heavy (non-hydrogen) atoms. The maximum Gasteiger partial charge on any atom is 0.351 e. The van der Waals surface area contributed by atoms with Crippen LogP contribution in [0.3, 0.4) is 0 Å². The van der Waals surface area contributed by atoms with Gasteiger partial charge in [-0.1, -0.05) is 77.8 Å². The van der Waals surface area contributed by atoms with E-state index in [1.54, 1.807) is 53.7 Å². The Morgan fingerprint density at radius 2 is 0.903 bits per heavy atom. The van der Waals surface area contributed by atoms with Gasteiger partial charge in [0.1, 0.15) is 58.7 Å². The lowest BCUT2D eigenvalue weighted by molar-refractivity contribution is -0.296. The van der Waals surface area contributed by atoms with Gasteiger partial charge in [0.15, 0.2) is 37.4 Å². The number of aliphatic imine (C=N–C) groups is 2. The third-order valence-corrected chi connectivity index (χ3v) is 26.6. The molecule has 10 rings (SSSR count). The van der Waals surface area contributed by atoms with Crippen molar-refractivity contribution in [1.82, 2.24) is 19.8 Å². The average molecular weight is 1780 g/mol. The summed E-state index contributed by atoms with van der Waals surface area (Å²) in [6.07, 6.45) is -13.0. The summed E-state index contributed by atoms with van der Waals surface area (Å²) in [5.41, 5.74) is 0.648. The van der Waals surface area contributed by atoms with Crippen LogP contribution in [0.4, 0.5) is 20.4 Å². The summed E-state index contributed by atoms with van der Waals surface area (Å²) in [6.45, 7) is 26.3. The minimum absolute atomic E-state index is 0.00484. The molecule has 4 bridgehead atoms. The molecular weight excluding hydrogens is 1650 g/mol. The normalized spacial score (nSPS) is 38.0. The Hall–Kier alpha value is -7.50. The standard InChI is InChI=1S/2C44H64FN5O11S/c2*1-12-33-44(9,55)39-25(4)35(47-27(6)51)23(2)19-42(7,57-21-28(20-56-39)49-58-22-29-16-17-32(62-29)30-14-13-15-34(46)48-30)38(26(5)37(53)43(8,45)41(54)60-33)61-40-36(52)31(50(10)11)18-24(3)59-40/h2*13-17,23-26,31,33,36,38-40,52,55H,12,18-22H2,1-11H3,(H2,46,48)/b2*47-35?,49-28+/t2*23-,24-,25+,26+,31+,33-,36-,38-,39+,40+,42-,43+,44-/m11/s1. The predicted octanol–water partition coefficient (Wildman–Crippen LogP) is 9.84. The van der Waals surface area contributed by atoms with Gasteiger partial charge in [-0.05, 0) is 182 Å². The molecule has 10 heterocycles. The molecule has 0 radical (unpaired) electrons. The van der Waals surface area contributed by atoms with Gasteiger partial charge in [-0.3, -0.25) is 19.2 Å². The Balaban J connectivity index is 0.000000281. The summed E-state index contributed by atoms with van der Waals surface area (Å²) >= 11 is 2.89.